The molecule has 88 valence electrons. The Bertz CT molecular complexity index is 513. The van der Waals surface area contributed by atoms with E-state index in [2.05, 4.69) is 5.32 Å². The fourth-order valence-corrected chi connectivity index (χ4v) is 1.67. The Labute approximate surface area is 97.0 Å². The molecule has 5 heteroatoms. The number of hydrogen-bond donors (Lipinski definition) is 2. The Hall–Kier alpha value is -2.30. The molecule has 0 aliphatic rings. The number of carboxylic acid groups (broad SMARTS) is 1. The quantitative estimate of drug-likeness (QED) is 0.770. The smallest absolute Gasteiger partial charge is 0.305 e. The van der Waals surface area contributed by atoms with Crippen LogP contribution in [0.15, 0.2) is 34.7 Å². The molecule has 0 bridgehead atoms. The van der Waals surface area contributed by atoms with Crippen molar-refractivity contribution in [3.05, 3.63) is 36.1 Å². The van der Waals surface area contributed by atoms with Crippen LogP contribution in [0.5, 0.6) is 0 Å². The molecule has 1 aromatic heterocycles. The van der Waals surface area contributed by atoms with Crippen LogP contribution < -0.4 is 5.32 Å². The third-order valence-electron chi connectivity index (χ3n) is 2.44. The SMILES string of the molecule is O=CNC(CC(=O)O)c1cc2ccccc2o1. The van der Waals surface area contributed by atoms with Crippen LogP contribution in [-0.2, 0) is 9.59 Å². The third-order valence-corrected chi connectivity index (χ3v) is 2.44. The first-order chi connectivity index (χ1) is 8.20. The summed E-state index contributed by atoms with van der Waals surface area (Å²) < 4.78 is 5.50. The largest absolute Gasteiger partial charge is 0.481 e. The molecule has 0 saturated heterocycles. The fraction of sp³-hybridized carbons (Fsp3) is 0.167. The van der Waals surface area contributed by atoms with E-state index in [-0.39, 0.29) is 6.42 Å². The van der Waals surface area contributed by atoms with Crippen molar-refractivity contribution in [3.63, 3.8) is 0 Å². The van der Waals surface area contributed by atoms with Crippen LogP contribution in [-0.4, -0.2) is 17.5 Å². The van der Waals surface area contributed by atoms with Crippen molar-refractivity contribution in [1.82, 2.24) is 5.32 Å². The Morgan fingerprint density at radius 2 is 2.24 bits per heavy atom. The van der Waals surface area contributed by atoms with Crippen molar-refractivity contribution < 1.29 is 19.1 Å². The van der Waals surface area contributed by atoms with E-state index >= 15 is 0 Å². The van der Waals surface area contributed by atoms with E-state index < -0.39 is 12.0 Å². The lowest BCUT2D eigenvalue weighted by molar-refractivity contribution is -0.137. The van der Waals surface area contributed by atoms with Crippen molar-refractivity contribution in [2.75, 3.05) is 0 Å². The van der Waals surface area contributed by atoms with E-state index in [1.165, 1.54) is 0 Å². The number of benzene rings is 1. The molecular weight excluding hydrogens is 222 g/mol. The normalized spacial score (nSPS) is 12.2. The summed E-state index contributed by atoms with van der Waals surface area (Å²) in [5.74, 6) is -0.550. The predicted octanol–water partition coefficient (Wildman–Crippen LogP) is 1.69. The minimum Gasteiger partial charge on any atom is -0.481 e. The maximum absolute atomic E-state index is 10.7. The van der Waals surface area contributed by atoms with Crippen LogP contribution >= 0.6 is 0 Å². The average molecular weight is 233 g/mol. The van der Waals surface area contributed by atoms with Gasteiger partial charge in [-0.15, -0.1) is 0 Å². The first-order valence-electron chi connectivity index (χ1n) is 5.10. The number of furan rings is 1. The molecule has 5 nitrogen and oxygen atoms in total. The number of fused-ring (bicyclic) bond motifs is 1. The molecule has 0 saturated carbocycles. The van der Waals surface area contributed by atoms with Crippen LogP contribution in [0.1, 0.15) is 18.2 Å². The number of para-hydroxylation sites is 1. The number of aliphatic carboxylic acids is 1. The van der Waals surface area contributed by atoms with Gasteiger partial charge in [0.15, 0.2) is 0 Å². The van der Waals surface area contributed by atoms with E-state index in [1.54, 1.807) is 12.1 Å². The van der Waals surface area contributed by atoms with Crippen LogP contribution in [0.4, 0.5) is 0 Å². The molecule has 1 aromatic carbocycles. The lowest BCUT2D eigenvalue weighted by Crippen LogP contribution is -2.21. The summed E-state index contributed by atoms with van der Waals surface area (Å²) in [7, 11) is 0. The van der Waals surface area contributed by atoms with Gasteiger partial charge in [-0.2, -0.15) is 0 Å². The van der Waals surface area contributed by atoms with Gasteiger partial charge in [0.2, 0.25) is 6.41 Å². The van der Waals surface area contributed by atoms with Gasteiger partial charge >= 0.3 is 5.97 Å². The van der Waals surface area contributed by atoms with E-state index in [0.717, 1.165) is 5.39 Å². The first-order valence-corrected chi connectivity index (χ1v) is 5.10. The zero-order valence-electron chi connectivity index (χ0n) is 8.92. The summed E-state index contributed by atoms with van der Waals surface area (Å²) in [5.41, 5.74) is 0.672. The van der Waals surface area contributed by atoms with Crippen LogP contribution in [0.25, 0.3) is 11.0 Å². The number of hydrogen-bond acceptors (Lipinski definition) is 3. The second-order valence-corrected chi connectivity index (χ2v) is 3.62. The maximum atomic E-state index is 10.7. The molecule has 1 heterocycles. The lowest BCUT2D eigenvalue weighted by atomic mass is 10.1. The van der Waals surface area contributed by atoms with Gasteiger partial charge in [0.25, 0.3) is 0 Å². The summed E-state index contributed by atoms with van der Waals surface area (Å²) in [4.78, 5) is 21.1. The Kier molecular flexibility index (Phi) is 3.09. The predicted molar refractivity (Wildman–Crippen MR) is 60.4 cm³/mol. The highest BCUT2D eigenvalue weighted by Crippen LogP contribution is 2.25. The first kappa shape index (κ1) is 11.2. The van der Waals surface area contributed by atoms with E-state index in [4.69, 9.17) is 9.52 Å². The molecule has 2 rings (SSSR count). The fourth-order valence-electron chi connectivity index (χ4n) is 1.67. The minimum absolute atomic E-state index is 0.210. The molecule has 1 atom stereocenters. The second-order valence-electron chi connectivity index (χ2n) is 3.62. The van der Waals surface area contributed by atoms with Gasteiger partial charge in [-0.25, -0.2) is 0 Å². The zero-order valence-corrected chi connectivity index (χ0v) is 8.92. The summed E-state index contributed by atoms with van der Waals surface area (Å²) in [6.07, 6.45) is 0.263. The van der Waals surface area contributed by atoms with Crippen molar-refractivity contribution in [3.8, 4) is 0 Å². The summed E-state index contributed by atoms with van der Waals surface area (Å²) in [6.45, 7) is 0. The molecule has 1 unspecified atom stereocenters. The highest BCUT2D eigenvalue weighted by atomic mass is 16.4. The number of carbonyl (C=O) groups excluding carboxylic acids is 1. The Morgan fingerprint density at radius 1 is 1.47 bits per heavy atom. The molecule has 2 N–H and O–H groups in total. The van der Waals surface area contributed by atoms with E-state index in [0.29, 0.717) is 17.8 Å². The molecule has 1 amide bonds. The zero-order chi connectivity index (χ0) is 12.3. The molecule has 0 aliphatic heterocycles. The number of nitrogens with one attached hydrogen (secondary N) is 1. The highest BCUT2D eigenvalue weighted by Gasteiger charge is 2.18. The molecule has 0 fully saturated rings. The standard InChI is InChI=1S/C12H11NO4/c14-7-13-9(6-12(15)16)11-5-8-3-1-2-4-10(8)17-11/h1-5,7,9H,6H2,(H,13,14)(H,15,16). The van der Waals surface area contributed by atoms with Crippen LogP contribution in [0, 0.1) is 0 Å². The molecular formula is C12H11NO4. The van der Waals surface area contributed by atoms with Crippen molar-refractivity contribution >= 4 is 23.3 Å². The van der Waals surface area contributed by atoms with Crippen molar-refractivity contribution in [2.45, 2.75) is 12.5 Å². The monoisotopic (exact) mass is 233 g/mol. The minimum atomic E-state index is -0.996. The highest BCUT2D eigenvalue weighted by molar-refractivity contribution is 5.78. The number of rotatable bonds is 5. The Balaban J connectivity index is 2.34. The van der Waals surface area contributed by atoms with E-state index in [1.807, 2.05) is 18.2 Å². The molecule has 2 aromatic rings. The average Bonchev–Trinajstić information content (AvgIpc) is 2.71. The maximum Gasteiger partial charge on any atom is 0.305 e. The summed E-state index contributed by atoms with van der Waals surface area (Å²) >= 11 is 0. The van der Waals surface area contributed by atoms with Gasteiger partial charge in [-0.1, -0.05) is 18.2 Å². The van der Waals surface area contributed by atoms with Gasteiger partial charge in [0.1, 0.15) is 11.3 Å². The van der Waals surface area contributed by atoms with Gasteiger partial charge in [0, 0.05) is 5.39 Å². The van der Waals surface area contributed by atoms with Crippen molar-refractivity contribution in [1.29, 1.82) is 0 Å². The van der Waals surface area contributed by atoms with Gasteiger partial charge in [-0.05, 0) is 12.1 Å². The van der Waals surface area contributed by atoms with Crippen LogP contribution in [0.2, 0.25) is 0 Å². The topological polar surface area (TPSA) is 79.5 Å². The van der Waals surface area contributed by atoms with Gasteiger partial charge in [-0.3, -0.25) is 9.59 Å². The Morgan fingerprint density at radius 3 is 2.88 bits per heavy atom. The van der Waals surface area contributed by atoms with Crippen LogP contribution in [0.3, 0.4) is 0 Å². The van der Waals surface area contributed by atoms with E-state index in [9.17, 15) is 9.59 Å². The number of carboxylic acids is 1. The number of amides is 1. The molecule has 17 heavy (non-hydrogen) atoms. The number of carbonyl (C=O) groups is 2. The molecule has 0 spiro atoms. The summed E-state index contributed by atoms with van der Waals surface area (Å²) in [6, 6.07) is 8.44. The van der Waals surface area contributed by atoms with Crippen molar-refractivity contribution in [2.24, 2.45) is 0 Å². The summed E-state index contributed by atoms with van der Waals surface area (Å²) in [5, 5.41) is 12.1. The molecule has 0 radical (unpaired) electrons. The van der Waals surface area contributed by atoms with Gasteiger partial charge in [0.05, 0.1) is 12.5 Å². The van der Waals surface area contributed by atoms with Gasteiger partial charge < -0.3 is 14.8 Å². The lowest BCUT2D eigenvalue weighted by Gasteiger charge is -2.09. The molecule has 0 aliphatic carbocycles. The third kappa shape index (κ3) is 2.44. The second kappa shape index (κ2) is 4.69.